The highest BCUT2D eigenvalue weighted by atomic mass is 35.5. The predicted octanol–water partition coefficient (Wildman–Crippen LogP) is 4.82. The normalized spacial score (nSPS) is 11.2. The van der Waals surface area contributed by atoms with Crippen molar-refractivity contribution in [3.63, 3.8) is 0 Å². The third kappa shape index (κ3) is 4.84. The zero-order valence-electron chi connectivity index (χ0n) is 17.3. The molecule has 0 aliphatic rings. The van der Waals surface area contributed by atoms with Crippen molar-refractivity contribution in [2.75, 3.05) is 10.8 Å². The second kappa shape index (κ2) is 9.54. The fourth-order valence-electron chi connectivity index (χ4n) is 2.94. The van der Waals surface area contributed by atoms with Gasteiger partial charge in [-0.1, -0.05) is 22.8 Å². The molecule has 0 amide bonds. The molecule has 0 bridgehead atoms. The van der Waals surface area contributed by atoms with Gasteiger partial charge in [-0.05, 0) is 56.3 Å². The van der Waals surface area contributed by atoms with Crippen molar-refractivity contribution in [2.24, 2.45) is 0 Å². The molecule has 0 N–H and O–H groups in total. The van der Waals surface area contributed by atoms with E-state index in [9.17, 15) is 17.6 Å². The van der Waals surface area contributed by atoms with Crippen molar-refractivity contribution in [1.82, 2.24) is 5.16 Å². The Labute approximate surface area is 190 Å². The lowest BCUT2D eigenvalue weighted by Gasteiger charge is -2.24. The Morgan fingerprint density at radius 2 is 1.94 bits per heavy atom. The first-order valence-corrected chi connectivity index (χ1v) is 11.2. The predicted molar refractivity (Wildman–Crippen MR) is 118 cm³/mol. The number of carbonyl (C=O) groups excluding carboxylic acids is 1. The highest BCUT2D eigenvalue weighted by molar-refractivity contribution is 7.93. The smallest absolute Gasteiger partial charge is 0.338 e. The van der Waals surface area contributed by atoms with Crippen LogP contribution in [-0.2, 0) is 21.4 Å². The summed E-state index contributed by atoms with van der Waals surface area (Å²) in [6, 6.07) is 8.76. The van der Waals surface area contributed by atoms with Crippen LogP contribution < -0.4 is 4.31 Å². The minimum absolute atomic E-state index is 0.00241. The number of hydrogen-bond acceptors (Lipinski definition) is 6. The largest absolute Gasteiger partial charge is 0.457 e. The summed E-state index contributed by atoms with van der Waals surface area (Å²) in [7, 11) is -4.21. The second-order valence-electron chi connectivity index (χ2n) is 6.83. The molecule has 168 valence electrons. The Morgan fingerprint density at radius 3 is 2.53 bits per heavy atom. The van der Waals surface area contributed by atoms with E-state index in [0.717, 1.165) is 22.5 Å². The van der Waals surface area contributed by atoms with Crippen molar-refractivity contribution in [3.05, 3.63) is 88.5 Å². The Bertz CT molecular complexity index is 1240. The van der Waals surface area contributed by atoms with Crippen LogP contribution in [0.15, 0.2) is 64.5 Å². The lowest BCUT2D eigenvalue weighted by Crippen LogP contribution is -2.31. The summed E-state index contributed by atoms with van der Waals surface area (Å²) >= 11 is 6.18. The van der Waals surface area contributed by atoms with E-state index in [1.54, 1.807) is 13.8 Å². The van der Waals surface area contributed by atoms with Gasteiger partial charge in [0.25, 0.3) is 10.0 Å². The van der Waals surface area contributed by atoms with Gasteiger partial charge in [-0.2, -0.15) is 0 Å². The van der Waals surface area contributed by atoms with E-state index in [1.165, 1.54) is 30.3 Å². The van der Waals surface area contributed by atoms with Crippen LogP contribution in [0.5, 0.6) is 0 Å². The number of sulfonamides is 1. The van der Waals surface area contributed by atoms with Gasteiger partial charge < -0.3 is 9.26 Å². The summed E-state index contributed by atoms with van der Waals surface area (Å²) in [5.41, 5.74) is 1.44. The molecule has 0 atom stereocenters. The lowest BCUT2D eigenvalue weighted by atomic mass is 10.2. The van der Waals surface area contributed by atoms with Gasteiger partial charge in [0.2, 0.25) is 0 Å². The van der Waals surface area contributed by atoms with E-state index < -0.39 is 21.8 Å². The number of aromatic nitrogens is 1. The zero-order chi connectivity index (χ0) is 23.5. The van der Waals surface area contributed by atoms with E-state index in [0.29, 0.717) is 17.0 Å². The molecule has 32 heavy (non-hydrogen) atoms. The summed E-state index contributed by atoms with van der Waals surface area (Å²) in [6.45, 7) is 6.82. The minimum Gasteiger partial charge on any atom is -0.457 e. The average Bonchev–Trinajstić information content (AvgIpc) is 3.08. The highest BCUT2D eigenvalue weighted by Gasteiger charge is 2.28. The van der Waals surface area contributed by atoms with E-state index >= 15 is 0 Å². The third-order valence-electron chi connectivity index (χ3n) is 4.67. The number of aryl methyl sites for hydroxylation is 2. The fraction of sp³-hybridized carbons (Fsp3) is 0.182. The maximum atomic E-state index is 13.4. The van der Waals surface area contributed by atoms with Gasteiger partial charge in [-0.25, -0.2) is 17.6 Å². The number of carbonyl (C=O) groups is 1. The zero-order valence-corrected chi connectivity index (χ0v) is 18.9. The maximum absolute atomic E-state index is 13.4. The number of rotatable bonds is 8. The number of hydrogen-bond donors (Lipinski definition) is 0. The molecule has 2 aromatic carbocycles. The van der Waals surface area contributed by atoms with E-state index in [1.807, 2.05) is 0 Å². The monoisotopic (exact) mass is 478 g/mol. The second-order valence-corrected chi connectivity index (χ2v) is 9.06. The number of anilines is 1. The van der Waals surface area contributed by atoms with Gasteiger partial charge in [0.05, 0.1) is 34.1 Å². The maximum Gasteiger partial charge on any atom is 0.338 e. The summed E-state index contributed by atoms with van der Waals surface area (Å²) in [5, 5.41) is 3.72. The lowest BCUT2D eigenvalue weighted by molar-refractivity contribution is 0.0470. The van der Waals surface area contributed by atoms with Crippen LogP contribution in [-0.4, -0.2) is 26.1 Å². The van der Waals surface area contributed by atoms with Crippen LogP contribution in [0.3, 0.4) is 0 Å². The molecule has 1 heterocycles. The molecule has 0 spiro atoms. The summed E-state index contributed by atoms with van der Waals surface area (Å²) in [6.07, 6.45) is 1.39. The van der Waals surface area contributed by atoms with Gasteiger partial charge in [-0.3, -0.25) is 4.31 Å². The molecule has 10 heteroatoms. The number of nitrogens with zero attached hydrogens (tertiary/aromatic N) is 2. The number of benzene rings is 2. The van der Waals surface area contributed by atoms with Gasteiger partial charge >= 0.3 is 5.97 Å². The van der Waals surface area contributed by atoms with Crippen molar-refractivity contribution in [2.45, 2.75) is 25.3 Å². The summed E-state index contributed by atoms with van der Waals surface area (Å²) in [4.78, 5) is 12.3. The molecule has 0 aliphatic heterocycles. The van der Waals surface area contributed by atoms with E-state index in [4.69, 9.17) is 20.9 Å². The first-order valence-electron chi connectivity index (χ1n) is 9.42. The Balaban J connectivity index is 1.92. The van der Waals surface area contributed by atoms with Crippen molar-refractivity contribution < 1.29 is 26.9 Å². The molecule has 3 aromatic rings. The summed E-state index contributed by atoms with van der Waals surface area (Å²) in [5.74, 6) is -0.727. The molecular weight excluding hydrogens is 459 g/mol. The fourth-order valence-corrected chi connectivity index (χ4v) is 4.88. The van der Waals surface area contributed by atoms with Crippen LogP contribution in [0.2, 0.25) is 5.02 Å². The molecular formula is C22H20ClFN2O5S. The number of halogens is 2. The van der Waals surface area contributed by atoms with Crippen molar-refractivity contribution >= 4 is 33.3 Å². The molecule has 0 radical (unpaired) electrons. The molecule has 0 fully saturated rings. The SMILES string of the molecule is C=CCN(c1ccc(F)cc1)S(=O)(=O)c1cc(C(=O)OCc2c(C)noc2C)ccc1Cl. The first kappa shape index (κ1) is 23.5. The van der Waals surface area contributed by atoms with E-state index in [2.05, 4.69) is 11.7 Å². The molecule has 3 rings (SSSR count). The Kier molecular flexibility index (Phi) is 7.00. The molecule has 1 aromatic heterocycles. The average molecular weight is 479 g/mol. The Hall–Kier alpha value is -3.17. The van der Waals surface area contributed by atoms with Crippen LogP contribution in [0.4, 0.5) is 10.1 Å². The van der Waals surface area contributed by atoms with Crippen LogP contribution in [0.25, 0.3) is 0 Å². The van der Waals surface area contributed by atoms with Gasteiger partial charge in [0.1, 0.15) is 23.1 Å². The van der Waals surface area contributed by atoms with E-state index in [-0.39, 0.29) is 34.3 Å². The van der Waals surface area contributed by atoms with Crippen LogP contribution in [0.1, 0.15) is 27.4 Å². The molecule has 7 nitrogen and oxygen atoms in total. The molecule has 0 aliphatic carbocycles. The molecule has 0 saturated heterocycles. The topological polar surface area (TPSA) is 89.7 Å². The standard InChI is InChI=1S/C22H20ClFN2O5S/c1-4-11-26(18-8-6-17(24)7-9-18)32(28,29)21-12-16(5-10-20(21)23)22(27)30-13-19-14(2)25-31-15(19)3/h4-10,12H,1,11,13H2,2-3H3. The minimum atomic E-state index is -4.21. The van der Waals surface area contributed by atoms with Gasteiger partial charge in [0, 0.05) is 0 Å². The van der Waals surface area contributed by atoms with Crippen LogP contribution >= 0.6 is 11.6 Å². The van der Waals surface area contributed by atoms with Crippen molar-refractivity contribution in [3.8, 4) is 0 Å². The Morgan fingerprint density at radius 1 is 1.25 bits per heavy atom. The summed E-state index contributed by atoms with van der Waals surface area (Å²) < 4.78 is 51.4. The number of ether oxygens (including phenoxy) is 1. The van der Waals surface area contributed by atoms with Crippen LogP contribution in [0, 0.1) is 19.7 Å². The third-order valence-corrected chi connectivity index (χ3v) is 6.95. The molecule has 0 unspecified atom stereocenters. The quantitative estimate of drug-likeness (QED) is 0.340. The highest BCUT2D eigenvalue weighted by Crippen LogP contribution is 2.30. The number of esters is 1. The van der Waals surface area contributed by atoms with Gasteiger partial charge in [0.15, 0.2) is 0 Å². The van der Waals surface area contributed by atoms with Gasteiger partial charge in [-0.15, -0.1) is 6.58 Å². The molecule has 0 saturated carbocycles. The first-order chi connectivity index (χ1) is 15.1. The van der Waals surface area contributed by atoms with Crippen molar-refractivity contribution in [1.29, 1.82) is 0 Å².